The highest BCUT2D eigenvalue weighted by molar-refractivity contribution is 6.30. The van der Waals surface area contributed by atoms with Gasteiger partial charge in [0.05, 0.1) is 25.7 Å². The summed E-state index contributed by atoms with van der Waals surface area (Å²) in [5.41, 5.74) is 3.75. The van der Waals surface area contributed by atoms with Crippen molar-refractivity contribution in [2.45, 2.75) is 57.9 Å². The van der Waals surface area contributed by atoms with E-state index in [0.29, 0.717) is 40.7 Å². The van der Waals surface area contributed by atoms with Crippen LogP contribution in [0.1, 0.15) is 66.2 Å². The largest absolute Gasteiger partial charge is 0.493 e. The number of carbonyl (C=O) groups is 3. The van der Waals surface area contributed by atoms with Crippen molar-refractivity contribution in [1.29, 1.82) is 0 Å². The van der Waals surface area contributed by atoms with Crippen molar-refractivity contribution < 1.29 is 28.6 Å². The summed E-state index contributed by atoms with van der Waals surface area (Å²) in [5.74, 6) is 0.867. The van der Waals surface area contributed by atoms with Gasteiger partial charge >= 0.3 is 6.09 Å². The third-order valence-electron chi connectivity index (χ3n) is 7.98. The number of ether oxygens (including phenoxy) is 3. The Hall–Kier alpha value is -4.24. The van der Waals surface area contributed by atoms with Crippen molar-refractivity contribution in [3.05, 3.63) is 87.9 Å². The fraction of sp³-hybridized carbons (Fsp3) is 0.364. The van der Waals surface area contributed by atoms with Gasteiger partial charge in [-0.15, -0.1) is 0 Å². The highest BCUT2D eigenvalue weighted by atomic mass is 35.5. The number of likely N-dealkylation sites (tertiary alicyclic amines) is 1. The van der Waals surface area contributed by atoms with Crippen LogP contribution in [0.15, 0.2) is 60.7 Å². The number of anilines is 1. The SMILES string of the molecule is CC[C@@H](C)Oc1cc2c(cc1OC)CC(=O)N(c1ccc(C(=O)N3CCC[C@H]3OC(=O)NC)cc1)C2c1ccc(Cl)cc1. The first-order chi connectivity index (χ1) is 20.7. The van der Waals surface area contributed by atoms with Crippen molar-refractivity contribution in [2.24, 2.45) is 0 Å². The van der Waals surface area contributed by atoms with Crippen LogP contribution in [0, 0.1) is 0 Å². The molecule has 0 spiro atoms. The second-order valence-electron chi connectivity index (χ2n) is 10.7. The van der Waals surface area contributed by atoms with Crippen LogP contribution in [0.5, 0.6) is 11.5 Å². The fourth-order valence-electron chi connectivity index (χ4n) is 5.58. The molecular formula is C33H36ClN3O6. The number of amides is 3. The Morgan fingerprint density at radius 1 is 1.07 bits per heavy atom. The van der Waals surface area contributed by atoms with Crippen LogP contribution >= 0.6 is 11.6 Å². The molecule has 43 heavy (non-hydrogen) atoms. The number of rotatable bonds is 8. The number of fused-ring (bicyclic) bond motifs is 1. The number of benzene rings is 3. The fourth-order valence-corrected chi connectivity index (χ4v) is 5.70. The first kappa shape index (κ1) is 30.2. The highest BCUT2D eigenvalue weighted by Gasteiger charge is 2.37. The predicted molar refractivity (Wildman–Crippen MR) is 164 cm³/mol. The molecular weight excluding hydrogens is 570 g/mol. The molecule has 0 aromatic heterocycles. The lowest BCUT2D eigenvalue weighted by Crippen LogP contribution is -2.41. The highest BCUT2D eigenvalue weighted by Crippen LogP contribution is 2.44. The number of hydrogen-bond acceptors (Lipinski definition) is 6. The molecule has 1 saturated heterocycles. The van der Waals surface area contributed by atoms with Gasteiger partial charge in [-0.25, -0.2) is 4.79 Å². The van der Waals surface area contributed by atoms with E-state index >= 15 is 0 Å². The molecule has 10 heteroatoms. The van der Waals surface area contributed by atoms with E-state index in [1.165, 1.54) is 7.05 Å². The molecule has 2 heterocycles. The van der Waals surface area contributed by atoms with Gasteiger partial charge in [0.1, 0.15) is 0 Å². The van der Waals surface area contributed by atoms with Gasteiger partial charge in [0, 0.05) is 36.3 Å². The molecule has 0 saturated carbocycles. The molecule has 2 aliphatic heterocycles. The van der Waals surface area contributed by atoms with E-state index < -0.39 is 18.4 Å². The number of methoxy groups -OCH3 is 1. The minimum Gasteiger partial charge on any atom is -0.493 e. The third kappa shape index (κ3) is 6.27. The van der Waals surface area contributed by atoms with Gasteiger partial charge in [0.2, 0.25) is 5.91 Å². The van der Waals surface area contributed by atoms with Crippen LogP contribution in [-0.2, 0) is 16.0 Å². The summed E-state index contributed by atoms with van der Waals surface area (Å²) in [6.07, 6.45) is 1.10. The van der Waals surface area contributed by atoms with Crippen LogP contribution in [0.3, 0.4) is 0 Å². The lowest BCUT2D eigenvalue weighted by atomic mass is 9.86. The molecule has 2 aliphatic rings. The van der Waals surface area contributed by atoms with Gasteiger partial charge in [-0.1, -0.05) is 30.7 Å². The smallest absolute Gasteiger partial charge is 0.408 e. The van der Waals surface area contributed by atoms with Gasteiger partial charge in [0.15, 0.2) is 17.7 Å². The van der Waals surface area contributed by atoms with Crippen LogP contribution in [0.25, 0.3) is 0 Å². The van der Waals surface area contributed by atoms with Crippen LogP contribution in [0.2, 0.25) is 5.02 Å². The second-order valence-corrected chi connectivity index (χ2v) is 11.2. The summed E-state index contributed by atoms with van der Waals surface area (Å²) in [6.45, 7) is 4.55. The molecule has 3 amide bonds. The summed E-state index contributed by atoms with van der Waals surface area (Å²) < 4.78 is 17.2. The Morgan fingerprint density at radius 2 is 1.79 bits per heavy atom. The maximum Gasteiger partial charge on any atom is 0.408 e. The number of hydrogen-bond donors (Lipinski definition) is 1. The number of nitrogens with one attached hydrogen (secondary N) is 1. The maximum atomic E-state index is 13.8. The Labute approximate surface area is 256 Å². The number of alkyl carbamates (subject to hydrolysis) is 1. The molecule has 1 unspecified atom stereocenters. The Bertz CT molecular complexity index is 1490. The van der Waals surface area contributed by atoms with Crippen molar-refractivity contribution in [3.63, 3.8) is 0 Å². The van der Waals surface area contributed by atoms with E-state index in [2.05, 4.69) is 12.2 Å². The minimum absolute atomic E-state index is 0.0238. The molecule has 0 bridgehead atoms. The monoisotopic (exact) mass is 605 g/mol. The summed E-state index contributed by atoms with van der Waals surface area (Å²) in [6, 6.07) is 17.8. The van der Waals surface area contributed by atoms with Gasteiger partial charge in [-0.3, -0.25) is 9.59 Å². The molecule has 3 aromatic rings. The van der Waals surface area contributed by atoms with E-state index in [0.717, 1.165) is 29.5 Å². The van der Waals surface area contributed by atoms with Crippen molar-refractivity contribution in [3.8, 4) is 11.5 Å². The van der Waals surface area contributed by atoms with Crippen molar-refractivity contribution in [1.82, 2.24) is 10.2 Å². The molecule has 1 fully saturated rings. The maximum absolute atomic E-state index is 13.8. The second kappa shape index (κ2) is 13.0. The van der Waals surface area contributed by atoms with E-state index in [1.807, 2.05) is 43.3 Å². The van der Waals surface area contributed by atoms with Crippen molar-refractivity contribution >= 4 is 35.2 Å². The normalized spacial score (nSPS) is 18.6. The lowest BCUT2D eigenvalue weighted by molar-refractivity contribution is -0.118. The van der Waals surface area contributed by atoms with Gasteiger partial charge in [0.25, 0.3) is 5.91 Å². The zero-order chi connectivity index (χ0) is 30.7. The van der Waals surface area contributed by atoms with E-state index in [-0.39, 0.29) is 24.3 Å². The molecule has 0 radical (unpaired) electrons. The lowest BCUT2D eigenvalue weighted by Gasteiger charge is -2.38. The summed E-state index contributed by atoms with van der Waals surface area (Å²) >= 11 is 6.23. The summed E-state index contributed by atoms with van der Waals surface area (Å²) in [4.78, 5) is 42.3. The molecule has 3 atom stereocenters. The van der Waals surface area contributed by atoms with Crippen LogP contribution in [0.4, 0.5) is 10.5 Å². The predicted octanol–water partition coefficient (Wildman–Crippen LogP) is 6.12. The number of halogens is 1. The first-order valence-electron chi connectivity index (χ1n) is 14.5. The summed E-state index contributed by atoms with van der Waals surface area (Å²) in [5, 5.41) is 3.02. The molecule has 0 aliphatic carbocycles. The topological polar surface area (TPSA) is 97.4 Å². The molecule has 3 aromatic carbocycles. The van der Waals surface area contributed by atoms with E-state index in [9.17, 15) is 14.4 Å². The van der Waals surface area contributed by atoms with Crippen molar-refractivity contribution in [2.75, 3.05) is 25.6 Å². The Kier molecular flexibility index (Phi) is 9.11. The average Bonchev–Trinajstić information content (AvgIpc) is 3.48. The third-order valence-corrected chi connectivity index (χ3v) is 8.23. The zero-order valence-corrected chi connectivity index (χ0v) is 25.5. The minimum atomic E-state index is -0.620. The quantitative estimate of drug-likeness (QED) is 0.332. The van der Waals surface area contributed by atoms with Crippen LogP contribution in [-0.4, -0.2) is 55.8 Å². The molecule has 9 nitrogen and oxygen atoms in total. The zero-order valence-electron chi connectivity index (χ0n) is 24.8. The molecule has 1 N–H and O–H groups in total. The van der Waals surface area contributed by atoms with E-state index in [1.54, 1.807) is 41.2 Å². The van der Waals surface area contributed by atoms with E-state index in [4.69, 9.17) is 25.8 Å². The molecule has 226 valence electrons. The average molecular weight is 606 g/mol. The number of carbonyl (C=O) groups excluding carboxylic acids is 3. The van der Waals surface area contributed by atoms with Gasteiger partial charge in [-0.05, 0) is 85.0 Å². The first-order valence-corrected chi connectivity index (χ1v) is 14.9. The van der Waals surface area contributed by atoms with Gasteiger partial charge in [-0.2, -0.15) is 0 Å². The standard InChI is InChI=1S/C33H36ClN3O6/c1-5-20(2)42-28-19-26-23(17-27(28)41-4)18-29(38)37(31(26)21-8-12-24(34)13-9-21)25-14-10-22(11-15-25)32(39)36-16-6-7-30(36)43-33(40)35-3/h8-15,17,19-20,30-31H,5-7,16,18H2,1-4H3,(H,35,40)/t20-,30-,31?/m1/s1. The van der Waals surface area contributed by atoms with Gasteiger partial charge < -0.3 is 29.3 Å². The summed E-state index contributed by atoms with van der Waals surface area (Å²) in [7, 11) is 3.08. The Morgan fingerprint density at radius 3 is 2.44 bits per heavy atom. The number of nitrogens with zero attached hydrogens (tertiary/aromatic N) is 2. The Balaban J connectivity index is 1.51. The van der Waals surface area contributed by atoms with Crippen LogP contribution < -0.4 is 19.7 Å². The molecule has 5 rings (SSSR count).